The molecule has 2 N–H and O–H groups in total. The number of nitrogens with one attached hydrogen (secondary N) is 1. The summed E-state index contributed by atoms with van der Waals surface area (Å²) in [7, 11) is 0. The molecule has 0 saturated heterocycles. The maximum Gasteiger partial charge on any atom is 0.179 e. The Labute approximate surface area is 97.5 Å². The summed E-state index contributed by atoms with van der Waals surface area (Å²) in [6.45, 7) is 0. The standard InChI is InChI=1S/C11H9N5O/c12-4-7-8(5-13)15-10-9(14-7)6-2-1-3-11(6,17)16-10/h6,17H,1-3H2,(H,15,16). The maximum atomic E-state index is 10.3. The summed E-state index contributed by atoms with van der Waals surface area (Å²) in [4.78, 5) is 8.21. The van der Waals surface area contributed by atoms with Gasteiger partial charge < -0.3 is 10.4 Å². The lowest BCUT2D eigenvalue weighted by molar-refractivity contribution is 0.0668. The van der Waals surface area contributed by atoms with Crippen molar-refractivity contribution in [3.63, 3.8) is 0 Å². The number of aromatic nitrogens is 2. The molecule has 1 aromatic rings. The summed E-state index contributed by atoms with van der Waals surface area (Å²) < 4.78 is 0. The summed E-state index contributed by atoms with van der Waals surface area (Å²) >= 11 is 0. The molecule has 2 aliphatic rings. The number of hydrogen-bond donors (Lipinski definition) is 2. The first-order valence-corrected chi connectivity index (χ1v) is 5.40. The molecule has 17 heavy (non-hydrogen) atoms. The Morgan fingerprint density at radius 3 is 2.71 bits per heavy atom. The van der Waals surface area contributed by atoms with Gasteiger partial charge in [0.1, 0.15) is 17.9 Å². The van der Waals surface area contributed by atoms with Crippen LogP contribution in [0.25, 0.3) is 0 Å². The normalized spacial score (nSPS) is 28.8. The van der Waals surface area contributed by atoms with Gasteiger partial charge in [0.05, 0.1) is 11.6 Å². The van der Waals surface area contributed by atoms with E-state index in [1.165, 1.54) is 0 Å². The molecule has 0 radical (unpaired) electrons. The zero-order valence-corrected chi connectivity index (χ0v) is 8.93. The maximum absolute atomic E-state index is 10.3. The molecule has 0 bridgehead atoms. The average Bonchev–Trinajstić information content (AvgIpc) is 2.80. The third-order valence-corrected chi connectivity index (χ3v) is 3.43. The molecule has 3 rings (SSSR count). The molecule has 6 nitrogen and oxygen atoms in total. The topological polar surface area (TPSA) is 106 Å². The highest BCUT2D eigenvalue weighted by Crippen LogP contribution is 2.49. The van der Waals surface area contributed by atoms with Gasteiger partial charge in [-0.25, -0.2) is 9.97 Å². The fourth-order valence-electron chi connectivity index (χ4n) is 2.65. The lowest BCUT2D eigenvalue weighted by Crippen LogP contribution is -2.35. The predicted molar refractivity (Wildman–Crippen MR) is 56.6 cm³/mol. The van der Waals surface area contributed by atoms with Gasteiger partial charge in [-0.15, -0.1) is 0 Å². The predicted octanol–water partition coefficient (Wildman–Crippen LogP) is 0.602. The van der Waals surface area contributed by atoms with E-state index in [4.69, 9.17) is 10.5 Å². The van der Waals surface area contributed by atoms with Crippen LogP contribution in [0.5, 0.6) is 0 Å². The highest BCUT2D eigenvalue weighted by molar-refractivity contribution is 5.56. The number of anilines is 1. The SMILES string of the molecule is N#Cc1nc2c(nc1C#N)C1CCCC1(O)N2. The molecule has 1 aliphatic carbocycles. The number of hydrogen-bond acceptors (Lipinski definition) is 6. The van der Waals surface area contributed by atoms with Crippen molar-refractivity contribution in [2.24, 2.45) is 0 Å². The Kier molecular flexibility index (Phi) is 1.86. The summed E-state index contributed by atoms with van der Waals surface area (Å²) in [5, 5.41) is 31.0. The first-order chi connectivity index (χ1) is 8.18. The van der Waals surface area contributed by atoms with Crippen molar-refractivity contribution in [2.45, 2.75) is 30.9 Å². The van der Waals surface area contributed by atoms with Gasteiger partial charge in [-0.2, -0.15) is 10.5 Å². The molecule has 0 spiro atoms. The molecular formula is C11H9N5O. The molecule has 6 heteroatoms. The van der Waals surface area contributed by atoms with Gasteiger partial charge in [0, 0.05) is 0 Å². The van der Waals surface area contributed by atoms with Gasteiger partial charge in [-0.3, -0.25) is 0 Å². The van der Waals surface area contributed by atoms with Crippen molar-refractivity contribution in [1.82, 2.24) is 9.97 Å². The highest BCUT2D eigenvalue weighted by Gasteiger charge is 2.50. The number of nitrogens with zero attached hydrogens (tertiary/aromatic N) is 4. The van der Waals surface area contributed by atoms with E-state index in [0.717, 1.165) is 12.8 Å². The molecule has 1 aromatic heterocycles. The van der Waals surface area contributed by atoms with Crippen LogP contribution in [0.2, 0.25) is 0 Å². The number of aliphatic hydroxyl groups is 1. The molecule has 1 aliphatic heterocycles. The molecule has 2 heterocycles. The van der Waals surface area contributed by atoms with Gasteiger partial charge in [0.25, 0.3) is 0 Å². The summed E-state index contributed by atoms with van der Waals surface area (Å²) in [5.74, 6) is 0.317. The van der Waals surface area contributed by atoms with Crippen LogP contribution in [0.1, 0.15) is 42.3 Å². The Morgan fingerprint density at radius 2 is 2.00 bits per heavy atom. The van der Waals surface area contributed by atoms with Crippen LogP contribution in [-0.2, 0) is 0 Å². The van der Waals surface area contributed by atoms with E-state index < -0.39 is 5.72 Å². The molecule has 0 amide bonds. The van der Waals surface area contributed by atoms with E-state index in [-0.39, 0.29) is 17.3 Å². The number of rotatable bonds is 0. The van der Waals surface area contributed by atoms with Crippen LogP contribution < -0.4 is 5.32 Å². The lowest BCUT2D eigenvalue weighted by atomic mass is 10.00. The van der Waals surface area contributed by atoms with Gasteiger partial charge in [-0.1, -0.05) is 0 Å². The van der Waals surface area contributed by atoms with E-state index in [1.807, 2.05) is 12.1 Å². The first-order valence-electron chi connectivity index (χ1n) is 5.40. The fourth-order valence-corrected chi connectivity index (χ4v) is 2.65. The molecule has 0 aromatic carbocycles. The zero-order chi connectivity index (χ0) is 12.0. The number of nitriles is 2. The summed E-state index contributed by atoms with van der Waals surface area (Å²) in [5.41, 5.74) is -0.351. The Hall–Kier alpha value is -2.18. The average molecular weight is 227 g/mol. The van der Waals surface area contributed by atoms with Crippen LogP contribution in [0.15, 0.2) is 0 Å². The molecular weight excluding hydrogens is 218 g/mol. The first kappa shape index (κ1) is 10.0. The monoisotopic (exact) mass is 227 g/mol. The quantitative estimate of drug-likeness (QED) is 0.672. The summed E-state index contributed by atoms with van der Waals surface area (Å²) in [6, 6.07) is 3.70. The fraction of sp³-hybridized carbons (Fsp3) is 0.455. The lowest BCUT2D eigenvalue weighted by Gasteiger charge is -2.21. The van der Waals surface area contributed by atoms with Crippen molar-refractivity contribution in [2.75, 3.05) is 5.32 Å². The Balaban J connectivity index is 2.17. The Morgan fingerprint density at radius 1 is 1.29 bits per heavy atom. The Bertz CT molecular complexity index is 585. The van der Waals surface area contributed by atoms with Gasteiger partial charge in [0.15, 0.2) is 17.2 Å². The number of fused-ring (bicyclic) bond motifs is 3. The second-order valence-corrected chi connectivity index (χ2v) is 4.37. The highest BCUT2D eigenvalue weighted by atomic mass is 16.3. The van der Waals surface area contributed by atoms with Crippen LogP contribution in [0.4, 0.5) is 5.82 Å². The minimum atomic E-state index is -0.997. The minimum Gasteiger partial charge on any atom is -0.370 e. The molecule has 1 fully saturated rings. The van der Waals surface area contributed by atoms with Crippen molar-refractivity contribution >= 4 is 5.82 Å². The van der Waals surface area contributed by atoms with Gasteiger partial charge >= 0.3 is 0 Å². The largest absolute Gasteiger partial charge is 0.370 e. The van der Waals surface area contributed by atoms with E-state index in [9.17, 15) is 5.11 Å². The second kappa shape index (κ2) is 3.16. The van der Waals surface area contributed by atoms with Crippen LogP contribution in [0.3, 0.4) is 0 Å². The van der Waals surface area contributed by atoms with Crippen molar-refractivity contribution < 1.29 is 5.11 Å². The smallest absolute Gasteiger partial charge is 0.179 e. The third-order valence-electron chi connectivity index (χ3n) is 3.43. The molecule has 84 valence electrons. The van der Waals surface area contributed by atoms with Crippen molar-refractivity contribution in [3.8, 4) is 12.1 Å². The van der Waals surface area contributed by atoms with E-state index in [1.54, 1.807) is 0 Å². The van der Waals surface area contributed by atoms with Gasteiger partial charge in [-0.05, 0) is 19.3 Å². The van der Waals surface area contributed by atoms with Crippen LogP contribution in [0, 0.1) is 22.7 Å². The van der Waals surface area contributed by atoms with Crippen molar-refractivity contribution in [1.29, 1.82) is 10.5 Å². The van der Waals surface area contributed by atoms with Gasteiger partial charge in [0.2, 0.25) is 0 Å². The van der Waals surface area contributed by atoms with Crippen LogP contribution >= 0.6 is 0 Å². The van der Waals surface area contributed by atoms with Crippen LogP contribution in [-0.4, -0.2) is 20.8 Å². The second-order valence-electron chi connectivity index (χ2n) is 4.37. The van der Waals surface area contributed by atoms with E-state index >= 15 is 0 Å². The third kappa shape index (κ3) is 1.22. The molecule has 1 saturated carbocycles. The zero-order valence-electron chi connectivity index (χ0n) is 8.93. The summed E-state index contributed by atoms with van der Waals surface area (Å²) in [6.07, 6.45) is 2.37. The van der Waals surface area contributed by atoms with Crippen molar-refractivity contribution in [3.05, 3.63) is 17.1 Å². The molecule has 2 atom stereocenters. The molecule has 2 unspecified atom stereocenters. The van der Waals surface area contributed by atoms with E-state index in [0.29, 0.717) is 17.9 Å². The van der Waals surface area contributed by atoms with E-state index in [2.05, 4.69) is 15.3 Å². The minimum absolute atomic E-state index is 0.00215.